The number of pyridine rings is 1. The summed E-state index contributed by atoms with van der Waals surface area (Å²) >= 11 is 6.48. The zero-order valence-electron chi connectivity index (χ0n) is 23.4. The molecular formula is C29H28ClF2N5O4S. The molecule has 13 heteroatoms. The number of sulfonamides is 1. The summed E-state index contributed by atoms with van der Waals surface area (Å²) in [5, 5.41) is 17.2. The highest BCUT2D eigenvalue weighted by Gasteiger charge is 2.28. The van der Waals surface area contributed by atoms with Crippen molar-refractivity contribution in [3.8, 4) is 23.0 Å². The molecule has 0 unspecified atom stereocenters. The number of carbonyl (C=O) groups is 1. The molecule has 0 aliphatic carbocycles. The second kappa shape index (κ2) is 11.8. The van der Waals surface area contributed by atoms with Gasteiger partial charge in [-0.25, -0.2) is 26.9 Å². The van der Waals surface area contributed by atoms with E-state index in [2.05, 4.69) is 27.0 Å². The van der Waals surface area contributed by atoms with Gasteiger partial charge in [-0.3, -0.25) is 9.48 Å². The Morgan fingerprint density at radius 1 is 1.14 bits per heavy atom. The number of aryl methyl sites for hydroxylation is 1. The summed E-state index contributed by atoms with van der Waals surface area (Å²) in [6.45, 7) is 4.32. The smallest absolute Gasteiger partial charge is 0.260 e. The largest absolute Gasteiger partial charge is 0.378 e. The van der Waals surface area contributed by atoms with Crippen LogP contribution in [0.25, 0.3) is 22.0 Å². The molecule has 0 radical (unpaired) electrons. The molecule has 3 N–H and O–H groups in total. The summed E-state index contributed by atoms with van der Waals surface area (Å²) in [6.07, 6.45) is -0.0435. The summed E-state index contributed by atoms with van der Waals surface area (Å²) in [5.41, 5.74) is 0.780. The normalized spacial score (nSPS) is 12.6. The van der Waals surface area contributed by atoms with Crippen LogP contribution in [0.15, 0.2) is 47.5 Å². The molecule has 2 aromatic heterocycles. The van der Waals surface area contributed by atoms with Gasteiger partial charge in [0.25, 0.3) is 10.0 Å². The zero-order valence-corrected chi connectivity index (χ0v) is 25.0. The van der Waals surface area contributed by atoms with E-state index in [0.717, 1.165) is 18.2 Å². The molecule has 9 nitrogen and oxygen atoms in total. The van der Waals surface area contributed by atoms with Crippen molar-refractivity contribution in [2.24, 2.45) is 7.05 Å². The molecule has 0 aliphatic heterocycles. The van der Waals surface area contributed by atoms with Gasteiger partial charge in [0.05, 0.1) is 27.7 Å². The van der Waals surface area contributed by atoms with E-state index in [1.807, 2.05) is 0 Å². The number of fused-ring (bicyclic) bond motifs is 1. The standard InChI is InChI=1S/C29H28ClF2N5O4S/c1-16(38)34-24(14-17-12-18(31)15-19(32)13-17)26-21(7-6-20(35-26)10-11-29(2,3)39)22-8-9-23(30)25-27(22)37(5)36-28(25)42(40,41)33-4/h6-9,12-13,15,24,33,39H,14H2,1-5H3,(H,34,38)/t24-/m0/s1. The Morgan fingerprint density at radius 2 is 1.79 bits per heavy atom. The summed E-state index contributed by atoms with van der Waals surface area (Å²) < 4.78 is 57.4. The van der Waals surface area contributed by atoms with E-state index in [1.165, 1.54) is 38.6 Å². The molecule has 4 rings (SSSR count). The third-order valence-electron chi connectivity index (χ3n) is 6.21. The molecule has 0 saturated carbocycles. The van der Waals surface area contributed by atoms with Crippen LogP contribution in [0.4, 0.5) is 8.78 Å². The number of benzene rings is 2. The van der Waals surface area contributed by atoms with Crippen LogP contribution in [0, 0.1) is 23.5 Å². The minimum atomic E-state index is -4.00. The predicted octanol–water partition coefficient (Wildman–Crippen LogP) is 4.02. The minimum Gasteiger partial charge on any atom is -0.378 e. The average molecular weight is 616 g/mol. The van der Waals surface area contributed by atoms with Crippen LogP contribution >= 0.6 is 11.6 Å². The Labute approximate surface area is 247 Å². The highest BCUT2D eigenvalue weighted by Crippen LogP contribution is 2.39. The molecule has 0 bridgehead atoms. The van der Waals surface area contributed by atoms with Gasteiger partial charge in [0.1, 0.15) is 22.9 Å². The Balaban J connectivity index is 2.03. The van der Waals surface area contributed by atoms with Gasteiger partial charge in [-0.15, -0.1) is 0 Å². The molecule has 0 fully saturated rings. The molecule has 0 aliphatic rings. The quantitative estimate of drug-likeness (QED) is 0.270. The highest BCUT2D eigenvalue weighted by atomic mass is 35.5. The van der Waals surface area contributed by atoms with E-state index < -0.39 is 39.2 Å². The summed E-state index contributed by atoms with van der Waals surface area (Å²) in [4.78, 5) is 17.0. The van der Waals surface area contributed by atoms with Gasteiger partial charge < -0.3 is 10.4 Å². The summed E-state index contributed by atoms with van der Waals surface area (Å²) in [6, 6.07) is 8.64. The first-order valence-corrected chi connectivity index (χ1v) is 14.5. The number of halogens is 3. The molecule has 1 atom stereocenters. The topological polar surface area (TPSA) is 126 Å². The fourth-order valence-electron chi connectivity index (χ4n) is 4.53. The van der Waals surface area contributed by atoms with Gasteiger partial charge >= 0.3 is 0 Å². The van der Waals surface area contributed by atoms with E-state index in [-0.39, 0.29) is 38.8 Å². The van der Waals surface area contributed by atoms with Crippen molar-refractivity contribution >= 4 is 38.4 Å². The van der Waals surface area contributed by atoms with Crippen molar-refractivity contribution in [3.63, 3.8) is 0 Å². The molecule has 0 spiro atoms. The molecule has 1 amide bonds. The maximum Gasteiger partial charge on any atom is 0.260 e. The van der Waals surface area contributed by atoms with Gasteiger partial charge in [-0.2, -0.15) is 5.10 Å². The first kappa shape index (κ1) is 31.1. The number of hydrogen-bond acceptors (Lipinski definition) is 6. The average Bonchev–Trinajstić information content (AvgIpc) is 3.25. The number of aliphatic hydroxyl groups is 1. The van der Waals surface area contributed by atoms with Gasteiger partial charge in [0.2, 0.25) is 10.9 Å². The number of nitrogens with zero attached hydrogens (tertiary/aromatic N) is 3. The fourth-order valence-corrected chi connectivity index (χ4v) is 5.72. The zero-order chi connectivity index (χ0) is 31.0. The second-order valence-corrected chi connectivity index (χ2v) is 12.3. The van der Waals surface area contributed by atoms with Crippen molar-refractivity contribution in [3.05, 3.63) is 76.1 Å². The van der Waals surface area contributed by atoms with E-state index in [4.69, 9.17) is 16.6 Å². The maximum atomic E-state index is 14.1. The Morgan fingerprint density at radius 3 is 2.38 bits per heavy atom. The number of aromatic nitrogens is 3. The highest BCUT2D eigenvalue weighted by molar-refractivity contribution is 7.89. The number of nitrogens with one attached hydrogen (secondary N) is 2. The van der Waals surface area contributed by atoms with Crippen LogP contribution in [-0.4, -0.2) is 46.8 Å². The van der Waals surface area contributed by atoms with Gasteiger partial charge in [-0.1, -0.05) is 23.6 Å². The molecule has 220 valence electrons. The van der Waals surface area contributed by atoms with Crippen molar-refractivity contribution in [1.29, 1.82) is 0 Å². The van der Waals surface area contributed by atoms with Crippen LogP contribution in [0.1, 0.15) is 43.8 Å². The number of amides is 1. The van der Waals surface area contributed by atoms with Gasteiger partial charge in [0.15, 0.2) is 0 Å². The van der Waals surface area contributed by atoms with Gasteiger partial charge in [0, 0.05) is 31.2 Å². The lowest BCUT2D eigenvalue weighted by Gasteiger charge is -2.22. The Hall–Kier alpha value is -3.89. The number of carbonyl (C=O) groups excluding carboxylic acids is 1. The molecule has 4 aromatic rings. The van der Waals surface area contributed by atoms with E-state index in [1.54, 1.807) is 25.2 Å². The van der Waals surface area contributed by atoms with Crippen molar-refractivity contribution < 1.29 is 27.1 Å². The van der Waals surface area contributed by atoms with Crippen molar-refractivity contribution in [2.75, 3.05) is 7.05 Å². The van der Waals surface area contributed by atoms with Crippen LogP contribution in [0.5, 0.6) is 0 Å². The first-order valence-electron chi connectivity index (χ1n) is 12.7. The second-order valence-electron chi connectivity index (χ2n) is 10.1. The third kappa shape index (κ3) is 6.77. The number of hydrogen-bond donors (Lipinski definition) is 3. The van der Waals surface area contributed by atoms with Gasteiger partial charge in [-0.05, 0) is 69.1 Å². The Kier molecular flexibility index (Phi) is 8.71. The minimum absolute atomic E-state index is 0.0435. The van der Waals surface area contributed by atoms with E-state index >= 15 is 0 Å². The van der Waals surface area contributed by atoms with E-state index in [0.29, 0.717) is 16.6 Å². The molecule has 2 aromatic carbocycles. The van der Waals surface area contributed by atoms with Crippen LogP contribution in [0.3, 0.4) is 0 Å². The lowest BCUT2D eigenvalue weighted by molar-refractivity contribution is -0.119. The predicted molar refractivity (Wildman–Crippen MR) is 155 cm³/mol. The fraction of sp³-hybridized carbons (Fsp3) is 0.276. The molecule has 2 heterocycles. The Bertz CT molecular complexity index is 1850. The SMILES string of the molecule is CNS(=O)(=O)c1nn(C)c2c(-c3ccc(C#CC(C)(C)O)nc3[C@H](Cc3cc(F)cc(F)c3)NC(C)=O)ccc(Cl)c12. The number of rotatable bonds is 7. The molecule has 42 heavy (non-hydrogen) atoms. The lowest BCUT2D eigenvalue weighted by atomic mass is 9.93. The van der Waals surface area contributed by atoms with Crippen LogP contribution < -0.4 is 10.0 Å². The monoisotopic (exact) mass is 615 g/mol. The van der Waals surface area contributed by atoms with Crippen LogP contribution in [-0.2, 0) is 28.3 Å². The molecular weight excluding hydrogens is 588 g/mol. The third-order valence-corrected chi connectivity index (χ3v) is 7.86. The summed E-state index contributed by atoms with van der Waals surface area (Å²) in [5.74, 6) is 3.52. The summed E-state index contributed by atoms with van der Waals surface area (Å²) in [7, 11) is -1.17. The lowest BCUT2D eigenvalue weighted by Crippen LogP contribution is -2.29. The molecule has 0 saturated heterocycles. The van der Waals surface area contributed by atoms with Crippen molar-refractivity contribution in [2.45, 2.75) is 43.9 Å². The first-order chi connectivity index (χ1) is 19.6. The van der Waals surface area contributed by atoms with Crippen molar-refractivity contribution in [1.82, 2.24) is 24.8 Å². The van der Waals surface area contributed by atoms with Crippen LogP contribution in [0.2, 0.25) is 5.02 Å². The van der Waals surface area contributed by atoms with E-state index in [9.17, 15) is 27.1 Å². The maximum absolute atomic E-state index is 14.1.